The van der Waals surface area contributed by atoms with E-state index >= 15 is 0 Å². The maximum atomic E-state index is 11.6. The van der Waals surface area contributed by atoms with Crippen molar-refractivity contribution in [3.63, 3.8) is 0 Å². The Labute approximate surface area is 202 Å². The van der Waals surface area contributed by atoms with Crippen molar-refractivity contribution in [3.05, 3.63) is 45.5 Å². The number of nitrogens with two attached hydrogens (primary N) is 1. The third-order valence-electron chi connectivity index (χ3n) is 7.16. The van der Waals surface area contributed by atoms with Gasteiger partial charge in [0, 0.05) is 30.2 Å². The minimum Gasteiger partial charge on any atom is -0.507 e. The van der Waals surface area contributed by atoms with E-state index in [1.807, 2.05) is 0 Å². The predicted molar refractivity (Wildman–Crippen MR) is 131 cm³/mol. The van der Waals surface area contributed by atoms with E-state index in [4.69, 9.17) is 15.9 Å². The summed E-state index contributed by atoms with van der Waals surface area (Å²) in [7, 11) is 0. The highest BCUT2D eigenvalue weighted by atomic mass is 32.1. The number of rotatable bonds is 3. The fraction of sp³-hybridized carbons (Fsp3) is 0.500. The van der Waals surface area contributed by atoms with Crippen molar-refractivity contribution in [1.29, 1.82) is 10.7 Å². The first-order valence-corrected chi connectivity index (χ1v) is 12.6. The SMILES string of the molecule is C[C@H]1CNCCCN1c1nccc(C(=N)C2=C(O)C3(CCCc4sc(N)c(C#N)c43)CCO2)n1. The summed E-state index contributed by atoms with van der Waals surface area (Å²) < 4.78 is 5.87. The average Bonchev–Trinajstić information content (AvgIpc) is 3.03. The zero-order valence-electron chi connectivity index (χ0n) is 19.2. The molecule has 1 saturated heterocycles. The summed E-state index contributed by atoms with van der Waals surface area (Å²) in [4.78, 5) is 12.3. The van der Waals surface area contributed by atoms with Gasteiger partial charge in [-0.15, -0.1) is 11.3 Å². The van der Waals surface area contributed by atoms with Gasteiger partial charge in [-0.3, -0.25) is 5.41 Å². The maximum Gasteiger partial charge on any atom is 0.226 e. The lowest BCUT2D eigenvalue weighted by molar-refractivity contribution is 0.112. The largest absolute Gasteiger partial charge is 0.507 e. The Bertz CT molecular complexity index is 1200. The van der Waals surface area contributed by atoms with Crippen LogP contribution in [-0.2, 0) is 16.6 Å². The summed E-state index contributed by atoms with van der Waals surface area (Å²) in [5, 5.41) is 34.1. The molecule has 1 spiro atoms. The molecule has 2 atom stereocenters. The third-order valence-corrected chi connectivity index (χ3v) is 8.24. The molecule has 4 heterocycles. The molecule has 2 aliphatic heterocycles. The van der Waals surface area contributed by atoms with E-state index in [1.54, 1.807) is 12.3 Å². The van der Waals surface area contributed by atoms with Gasteiger partial charge in [0.25, 0.3) is 0 Å². The van der Waals surface area contributed by atoms with E-state index in [0.717, 1.165) is 49.3 Å². The Hall–Kier alpha value is -3.16. The number of thiophene rings is 1. The summed E-state index contributed by atoms with van der Waals surface area (Å²) in [6, 6.07) is 4.15. The second-order valence-corrected chi connectivity index (χ2v) is 10.3. The molecule has 0 aromatic carbocycles. The van der Waals surface area contributed by atoms with Gasteiger partial charge < -0.3 is 25.8 Å². The quantitative estimate of drug-likeness (QED) is 0.492. The molecule has 10 heteroatoms. The number of nitrogen functional groups attached to an aromatic ring is 1. The van der Waals surface area contributed by atoms with E-state index in [0.29, 0.717) is 41.7 Å². The third kappa shape index (κ3) is 3.60. The van der Waals surface area contributed by atoms with Crippen molar-refractivity contribution in [2.24, 2.45) is 0 Å². The zero-order valence-corrected chi connectivity index (χ0v) is 20.0. The number of allylic oxidation sites excluding steroid dienone is 2. The highest BCUT2D eigenvalue weighted by Crippen LogP contribution is 2.52. The van der Waals surface area contributed by atoms with Gasteiger partial charge in [-0.05, 0) is 57.2 Å². The van der Waals surface area contributed by atoms with Gasteiger partial charge in [0.1, 0.15) is 22.5 Å². The molecule has 5 rings (SSSR count). The van der Waals surface area contributed by atoms with E-state index < -0.39 is 5.41 Å². The van der Waals surface area contributed by atoms with Crippen molar-refractivity contribution < 1.29 is 9.84 Å². The summed E-state index contributed by atoms with van der Waals surface area (Å²) in [6.45, 7) is 5.09. The van der Waals surface area contributed by atoms with Gasteiger partial charge in [-0.1, -0.05) is 0 Å². The standard InChI is InChI=1S/C24H29N7O2S/c1-14-13-28-8-3-10-31(14)23-29-9-5-16(30-23)19(26)20-21(32)24(7-11-33-20)6-2-4-17-18(24)15(12-25)22(27)34-17/h5,9,14,26,28,32H,2-4,6-8,10-11,13,27H2,1H3/t14-,24?/m0/s1. The van der Waals surface area contributed by atoms with E-state index in [-0.39, 0.29) is 23.3 Å². The molecule has 0 saturated carbocycles. The number of hydrogen-bond donors (Lipinski definition) is 4. The minimum atomic E-state index is -0.756. The van der Waals surface area contributed by atoms with Crippen molar-refractivity contribution in [2.45, 2.75) is 50.5 Å². The Morgan fingerprint density at radius 1 is 1.44 bits per heavy atom. The van der Waals surface area contributed by atoms with Crippen molar-refractivity contribution in [3.8, 4) is 6.07 Å². The highest BCUT2D eigenvalue weighted by Gasteiger charge is 2.48. The molecule has 0 amide bonds. The topological polar surface area (TPSA) is 144 Å². The number of ether oxygens (including phenoxy) is 1. The number of aryl methyl sites for hydroxylation is 1. The van der Waals surface area contributed by atoms with Crippen LogP contribution >= 0.6 is 11.3 Å². The van der Waals surface area contributed by atoms with Crippen molar-refractivity contribution in [2.75, 3.05) is 36.9 Å². The summed E-state index contributed by atoms with van der Waals surface area (Å²) in [5.74, 6) is 0.705. The lowest BCUT2D eigenvalue weighted by Gasteiger charge is -2.41. The van der Waals surface area contributed by atoms with Crippen molar-refractivity contribution in [1.82, 2.24) is 15.3 Å². The molecule has 1 fully saturated rings. The van der Waals surface area contributed by atoms with Gasteiger partial charge in [0.15, 0.2) is 5.76 Å². The number of anilines is 2. The first-order valence-electron chi connectivity index (χ1n) is 11.7. The molecule has 1 unspecified atom stereocenters. The van der Waals surface area contributed by atoms with Crippen LogP contribution in [0.5, 0.6) is 0 Å². The van der Waals surface area contributed by atoms with Crippen LogP contribution in [0.2, 0.25) is 0 Å². The number of aliphatic hydroxyl groups is 1. The molecule has 34 heavy (non-hydrogen) atoms. The van der Waals surface area contributed by atoms with Crippen LogP contribution in [0.4, 0.5) is 10.9 Å². The molecular weight excluding hydrogens is 450 g/mol. The highest BCUT2D eigenvalue weighted by molar-refractivity contribution is 7.16. The summed E-state index contributed by atoms with van der Waals surface area (Å²) in [5.41, 5.74) is 7.10. The molecule has 1 aliphatic carbocycles. The number of hydrogen-bond acceptors (Lipinski definition) is 10. The van der Waals surface area contributed by atoms with Crippen LogP contribution in [0, 0.1) is 16.7 Å². The van der Waals surface area contributed by atoms with Crippen molar-refractivity contribution >= 4 is 28.0 Å². The van der Waals surface area contributed by atoms with Crippen LogP contribution in [-0.4, -0.2) is 53.1 Å². The number of aliphatic hydroxyl groups excluding tert-OH is 1. The first kappa shape index (κ1) is 22.6. The molecule has 3 aliphatic rings. The predicted octanol–water partition coefficient (Wildman–Crippen LogP) is 3.01. The van der Waals surface area contributed by atoms with Crippen LogP contribution in [0.3, 0.4) is 0 Å². The second kappa shape index (κ2) is 8.89. The normalized spacial score (nSPS) is 24.8. The Balaban J connectivity index is 1.54. The lowest BCUT2D eigenvalue weighted by Crippen LogP contribution is -2.40. The van der Waals surface area contributed by atoms with E-state index in [2.05, 4.69) is 33.2 Å². The Kier molecular flexibility index (Phi) is 5.91. The second-order valence-electron chi connectivity index (χ2n) is 9.18. The molecule has 178 valence electrons. The van der Waals surface area contributed by atoms with Crippen LogP contribution < -0.4 is 16.0 Å². The molecule has 0 radical (unpaired) electrons. The van der Waals surface area contributed by atoms with Gasteiger partial charge in [0.2, 0.25) is 5.95 Å². The number of nitriles is 1. The van der Waals surface area contributed by atoms with Crippen LogP contribution in [0.1, 0.15) is 54.3 Å². The number of aromatic nitrogens is 2. The molecule has 2 aromatic rings. The number of fused-ring (bicyclic) bond motifs is 2. The van der Waals surface area contributed by atoms with Gasteiger partial charge >= 0.3 is 0 Å². The molecule has 0 bridgehead atoms. The number of nitrogens with zero attached hydrogens (tertiary/aromatic N) is 4. The Morgan fingerprint density at radius 3 is 3.12 bits per heavy atom. The number of nitrogens with one attached hydrogen (secondary N) is 2. The molecular formula is C24H29N7O2S. The van der Waals surface area contributed by atoms with E-state index in [9.17, 15) is 10.4 Å². The molecule has 9 nitrogen and oxygen atoms in total. The van der Waals surface area contributed by atoms with Gasteiger partial charge in [0.05, 0.1) is 23.3 Å². The summed E-state index contributed by atoms with van der Waals surface area (Å²) in [6.07, 6.45) is 5.58. The lowest BCUT2D eigenvalue weighted by atomic mass is 9.66. The van der Waals surface area contributed by atoms with Gasteiger partial charge in [-0.2, -0.15) is 5.26 Å². The average molecular weight is 480 g/mol. The Morgan fingerprint density at radius 2 is 2.29 bits per heavy atom. The molecule has 2 aromatic heterocycles. The first-order chi connectivity index (χ1) is 16.5. The van der Waals surface area contributed by atoms with Crippen LogP contribution in [0.25, 0.3) is 0 Å². The zero-order chi connectivity index (χ0) is 23.9. The maximum absolute atomic E-state index is 11.6. The van der Waals surface area contributed by atoms with Crippen LogP contribution in [0.15, 0.2) is 23.8 Å². The fourth-order valence-corrected chi connectivity index (χ4v) is 6.59. The smallest absolute Gasteiger partial charge is 0.226 e. The van der Waals surface area contributed by atoms with Gasteiger partial charge in [-0.25, -0.2) is 9.97 Å². The monoisotopic (exact) mass is 479 g/mol. The minimum absolute atomic E-state index is 0.00602. The van der Waals surface area contributed by atoms with E-state index in [1.165, 1.54) is 11.3 Å². The summed E-state index contributed by atoms with van der Waals surface area (Å²) >= 11 is 1.43. The molecule has 5 N–H and O–H groups in total. The fourth-order valence-electron chi connectivity index (χ4n) is 5.43.